The van der Waals surface area contributed by atoms with Gasteiger partial charge in [-0.25, -0.2) is 4.98 Å². The number of likely N-dealkylation sites (tertiary alicyclic amines) is 1. The van der Waals surface area contributed by atoms with Gasteiger partial charge >= 0.3 is 12.2 Å². The van der Waals surface area contributed by atoms with Crippen LogP contribution >= 0.6 is 0 Å². The Kier molecular flexibility index (Phi) is 5.15. The van der Waals surface area contributed by atoms with Crippen molar-refractivity contribution in [2.24, 2.45) is 0 Å². The first kappa shape index (κ1) is 19.9. The number of piperidine rings is 1. The van der Waals surface area contributed by atoms with Gasteiger partial charge in [-0.3, -0.25) is 9.59 Å². The highest BCUT2D eigenvalue weighted by Crippen LogP contribution is 2.28. The molecule has 1 aromatic carbocycles. The van der Waals surface area contributed by atoms with Crippen molar-refractivity contribution >= 4 is 16.8 Å². The average molecular weight is 418 g/mol. The molecule has 1 unspecified atom stereocenters. The van der Waals surface area contributed by atoms with Crippen LogP contribution in [0.15, 0.2) is 47.4 Å². The van der Waals surface area contributed by atoms with E-state index in [-0.39, 0.29) is 29.6 Å². The smallest absolute Gasteiger partial charge is 0.433 e. The summed E-state index contributed by atoms with van der Waals surface area (Å²) in [5.74, 6) is -0.337. The summed E-state index contributed by atoms with van der Waals surface area (Å²) in [6.45, 7) is 0.600. The van der Waals surface area contributed by atoms with E-state index in [1.54, 1.807) is 24.3 Å². The molecule has 3 aromatic rings. The van der Waals surface area contributed by atoms with E-state index in [1.807, 2.05) is 0 Å². The number of fused-ring (bicyclic) bond motifs is 1. The lowest BCUT2D eigenvalue weighted by Crippen LogP contribution is -2.44. The van der Waals surface area contributed by atoms with E-state index in [4.69, 9.17) is 4.74 Å². The lowest BCUT2D eigenvalue weighted by molar-refractivity contribution is -0.141. The summed E-state index contributed by atoms with van der Waals surface area (Å²) in [4.78, 5) is 36.4. The summed E-state index contributed by atoms with van der Waals surface area (Å²) in [6.07, 6.45) is -3.04. The predicted octanol–water partition coefficient (Wildman–Crippen LogP) is 3.02. The third-order valence-electron chi connectivity index (χ3n) is 4.84. The Labute approximate surface area is 168 Å². The summed E-state index contributed by atoms with van der Waals surface area (Å²) in [5.41, 5.74) is -0.661. The van der Waals surface area contributed by atoms with Crippen LogP contribution in [0.25, 0.3) is 10.9 Å². The Morgan fingerprint density at radius 3 is 2.83 bits per heavy atom. The molecule has 1 amide bonds. The SMILES string of the molecule is O=C(c1cc(=O)[nH]c2ccccc12)N1CCCC(Oc2nccc(C(F)(F)F)n2)C1. The van der Waals surface area contributed by atoms with E-state index in [9.17, 15) is 22.8 Å². The van der Waals surface area contributed by atoms with Crippen molar-refractivity contribution in [3.63, 3.8) is 0 Å². The Bertz CT molecular complexity index is 1150. The monoisotopic (exact) mass is 418 g/mol. The van der Waals surface area contributed by atoms with Crippen molar-refractivity contribution in [2.75, 3.05) is 13.1 Å². The number of halogens is 3. The number of nitrogens with one attached hydrogen (secondary N) is 1. The topological polar surface area (TPSA) is 88.2 Å². The number of H-pyrrole nitrogens is 1. The number of carbonyl (C=O) groups is 1. The Hall–Kier alpha value is -3.43. The highest BCUT2D eigenvalue weighted by molar-refractivity contribution is 6.05. The molecule has 0 radical (unpaired) electrons. The van der Waals surface area contributed by atoms with Crippen molar-refractivity contribution < 1.29 is 22.7 Å². The summed E-state index contributed by atoms with van der Waals surface area (Å²) in [5, 5.41) is 0.617. The van der Waals surface area contributed by atoms with Crippen LogP contribution in [0.3, 0.4) is 0 Å². The molecule has 1 aliphatic rings. The van der Waals surface area contributed by atoms with E-state index in [0.29, 0.717) is 30.3 Å². The standard InChI is InChI=1S/C20H17F3N4O3/c21-20(22,23)16-7-8-24-19(26-16)30-12-4-3-9-27(11-12)18(29)14-10-17(28)25-15-6-2-1-5-13(14)15/h1-2,5-8,10,12H,3-4,9,11H2,(H,25,28). The molecule has 156 valence electrons. The van der Waals surface area contributed by atoms with Crippen LogP contribution in [-0.4, -0.2) is 45.0 Å². The van der Waals surface area contributed by atoms with E-state index in [2.05, 4.69) is 15.0 Å². The minimum atomic E-state index is -4.60. The lowest BCUT2D eigenvalue weighted by atomic mass is 10.0. The number of alkyl halides is 3. The number of hydrogen-bond acceptors (Lipinski definition) is 5. The minimum Gasteiger partial charge on any atom is -0.458 e. The van der Waals surface area contributed by atoms with Crippen LogP contribution in [-0.2, 0) is 6.18 Å². The Balaban J connectivity index is 1.54. The number of aromatic nitrogens is 3. The van der Waals surface area contributed by atoms with Gasteiger partial charge in [0.25, 0.3) is 5.91 Å². The molecule has 3 heterocycles. The van der Waals surface area contributed by atoms with E-state index >= 15 is 0 Å². The van der Waals surface area contributed by atoms with Crippen LogP contribution in [0, 0.1) is 0 Å². The first-order valence-corrected chi connectivity index (χ1v) is 9.29. The summed E-state index contributed by atoms with van der Waals surface area (Å²) >= 11 is 0. The molecule has 0 aliphatic carbocycles. The summed E-state index contributed by atoms with van der Waals surface area (Å²) < 4.78 is 44.0. The number of pyridine rings is 1. The van der Waals surface area contributed by atoms with E-state index < -0.39 is 18.0 Å². The lowest BCUT2D eigenvalue weighted by Gasteiger charge is -2.32. The van der Waals surface area contributed by atoms with Crippen LogP contribution in [0.1, 0.15) is 28.9 Å². The predicted molar refractivity (Wildman–Crippen MR) is 101 cm³/mol. The number of nitrogens with zero attached hydrogens (tertiary/aromatic N) is 3. The molecule has 7 nitrogen and oxygen atoms in total. The van der Waals surface area contributed by atoms with Crippen LogP contribution in [0.4, 0.5) is 13.2 Å². The van der Waals surface area contributed by atoms with Crippen molar-refractivity contribution in [1.82, 2.24) is 19.9 Å². The number of para-hydroxylation sites is 1. The Morgan fingerprint density at radius 1 is 1.23 bits per heavy atom. The number of aromatic amines is 1. The zero-order chi connectivity index (χ0) is 21.3. The van der Waals surface area contributed by atoms with Gasteiger partial charge in [0.05, 0.1) is 12.1 Å². The minimum absolute atomic E-state index is 0.152. The number of amides is 1. The summed E-state index contributed by atoms with van der Waals surface area (Å²) in [6, 6.07) is 8.61. The van der Waals surface area contributed by atoms with Gasteiger partial charge < -0.3 is 14.6 Å². The first-order chi connectivity index (χ1) is 14.3. The van der Waals surface area contributed by atoms with Gasteiger partial charge in [0.2, 0.25) is 5.56 Å². The average Bonchev–Trinajstić information content (AvgIpc) is 2.72. The largest absolute Gasteiger partial charge is 0.458 e. The third-order valence-corrected chi connectivity index (χ3v) is 4.84. The number of hydrogen-bond donors (Lipinski definition) is 1. The molecule has 2 aromatic heterocycles. The van der Waals surface area contributed by atoms with Crippen LogP contribution < -0.4 is 10.3 Å². The molecule has 1 N–H and O–H groups in total. The van der Waals surface area contributed by atoms with Gasteiger partial charge in [-0.15, -0.1) is 0 Å². The molecule has 0 spiro atoms. The zero-order valence-corrected chi connectivity index (χ0v) is 15.6. The molecule has 10 heteroatoms. The maximum atomic E-state index is 13.1. The van der Waals surface area contributed by atoms with Crippen molar-refractivity contribution in [1.29, 1.82) is 0 Å². The molecule has 0 saturated carbocycles. The number of ether oxygens (including phenoxy) is 1. The fraction of sp³-hybridized carbons (Fsp3) is 0.300. The molecule has 1 aliphatic heterocycles. The second kappa shape index (κ2) is 7.77. The number of benzene rings is 1. The van der Waals surface area contributed by atoms with E-state index in [0.717, 1.165) is 12.3 Å². The second-order valence-corrected chi connectivity index (χ2v) is 6.95. The maximum absolute atomic E-state index is 13.1. The van der Waals surface area contributed by atoms with Crippen molar-refractivity contribution in [3.8, 4) is 6.01 Å². The van der Waals surface area contributed by atoms with Crippen LogP contribution in [0.5, 0.6) is 6.01 Å². The van der Waals surface area contributed by atoms with Gasteiger partial charge in [-0.2, -0.15) is 18.2 Å². The normalized spacial score (nSPS) is 17.2. The van der Waals surface area contributed by atoms with Gasteiger partial charge in [0, 0.05) is 29.7 Å². The fourth-order valence-electron chi connectivity index (χ4n) is 3.48. The maximum Gasteiger partial charge on any atom is 0.433 e. The van der Waals surface area contributed by atoms with Gasteiger partial charge in [-0.05, 0) is 25.0 Å². The Morgan fingerprint density at radius 2 is 2.03 bits per heavy atom. The summed E-state index contributed by atoms with van der Waals surface area (Å²) in [7, 11) is 0. The molecule has 1 atom stereocenters. The van der Waals surface area contributed by atoms with Gasteiger partial charge in [-0.1, -0.05) is 18.2 Å². The fourth-order valence-corrected chi connectivity index (χ4v) is 3.48. The van der Waals surface area contributed by atoms with Crippen molar-refractivity contribution in [2.45, 2.75) is 25.1 Å². The highest BCUT2D eigenvalue weighted by Gasteiger charge is 2.34. The molecule has 1 saturated heterocycles. The molecular formula is C20H17F3N4O3. The molecule has 0 bridgehead atoms. The second-order valence-electron chi connectivity index (χ2n) is 6.95. The zero-order valence-electron chi connectivity index (χ0n) is 15.6. The number of carbonyl (C=O) groups excluding carboxylic acids is 1. The molecule has 1 fully saturated rings. The van der Waals surface area contributed by atoms with Gasteiger partial charge in [0.15, 0.2) is 5.69 Å². The number of rotatable bonds is 3. The highest BCUT2D eigenvalue weighted by atomic mass is 19.4. The van der Waals surface area contributed by atoms with E-state index in [1.165, 1.54) is 11.0 Å². The quantitative estimate of drug-likeness (QED) is 0.707. The van der Waals surface area contributed by atoms with Gasteiger partial charge in [0.1, 0.15) is 6.10 Å². The molecule has 4 rings (SSSR count). The molecule has 30 heavy (non-hydrogen) atoms. The first-order valence-electron chi connectivity index (χ1n) is 9.29. The molecular weight excluding hydrogens is 401 g/mol. The third kappa shape index (κ3) is 4.12. The van der Waals surface area contributed by atoms with Crippen molar-refractivity contribution in [3.05, 3.63) is 64.2 Å². The van der Waals surface area contributed by atoms with Crippen LogP contribution in [0.2, 0.25) is 0 Å².